The van der Waals surface area contributed by atoms with Gasteiger partial charge in [0.1, 0.15) is 11.9 Å². The fourth-order valence-corrected chi connectivity index (χ4v) is 6.52. The molecule has 1 N–H and O–H groups in total. The number of nitrogens with one attached hydrogen (secondary N) is 1. The Balaban J connectivity index is 0.00000274. The van der Waals surface area contributed by atoms with Crippen LogP contribution in [0, 0.1) is 12.7 Å². The van der Waals surface area contributed by atoms with Gasteiger partial charge in [0, 0.05) is 37.0 Å². The molecule has 0 radical (unpaired) electrons. The smallest absolute Gasteiger partial charge is 0.263 e. The van der Waals surface area contributed by atoms with Crippen molar-refractivity contribution in [3.63, 3.8) is 0 Å². The second-order valence-electron chi connectivity index (χ2n) is 7.97. The summed E-state index contributed by atoms with van der Waals surface area (Å²) in [5, 5.41) is 0.427. The zero-order valence-corrected chi connectivity index (χ0v) is 20.0. The molecular weight excluding hydrogens is 487 g/mol. The Hall–Kier alpha value is -2.69. The van der Waals surface area contributed by atoms with Crippen LogP contribution in [0.3, 0.4) is 0 Å². The fourth-order valence-electron chi connectivity index (χ4n) is 4.36. The Morgan fingerprint density at radius 1 is 1.21 bits per heavy atom. The van der Waals surface area contributed by atoms with E-state index in [4.69, 9.17) is 11.6 Å². The van der Waals surface area contributed by atoms with E-state index >= 15 is 0 Å². The van der Waals surface area contributed by atoms with Gasteiger partial charge in [0.2, 0.25) is 5.91 Å². The van der Waals surface area contributed by atoms with E-state index in [9.17, 15) is 17.6 Å². The van der Waals surface area contributed by atoms with Crippen molar-refractivity contribution in [2.45, 2.75) is 30.7 Å². The van der Waals surface area contributed by atoms with Gasteiger partial charge in [-0.05, 0) is 61.7 Å². The van der Waals surface area contributed by atoms with Crippen molar-refractivity contribution >= 4 is 55.4 Å². The van der Waals surface area contributed by atoms with E-state index in [1.165, 1.54) is 29.5 Å². The summed E-state index contributed by atoms with van der Waals surface area (Å²) in [4.78, 5) is 21.9. The SMILES string of the molecule is Cc1cnc(NS(=O)(=O)c2ccc(N3CC[C@H](N4CCc5c4ccc(F)c5Cl)C3=O)cc2)s1.[HH]. The maximum Gasteiger partial charge on any atom is 0.263 e. The molecule has 0 bridgehead atoms. The average molecular weight is 509 g/mol. The third kappa shape index (κ3) is 3.96. The van der Waals surface area contributed by atoms with E-state index in [1.54, 1.807) is 29.3 Å². The average Bonchev–Trinajstić information content (AvgIpc) is 3.49. The highest BCUT2D eigenvalue weighted by Crippen LogP contribution is 2.38. The lowest BCUT2D eigenvalue weighted by Crippen LogP contribution is -2.41. The van der Waals surface area contributed by atoms with Crippen LogP contribution in [-0.4, -0.2) is 38.4 Å². The molecule has 3 aromatic rings. The molecule has 33 heavy (non-hydrogen) atoms. The molecule has 174 valence electrons. The molecule has 2 aromatic carbocycles. The molecule has 7 nitrogen and oxygen atoms in total. The first-order valence-corrected chi connectivity index (χ1v) is 13.0. The molecule has 0 saturated carbocycles. The summed E-state index contributed by atoms with van der Waals surface area (Å²) in [6, 6.07) is 8.86. The summed E-state index contributed by atoms with van der Waals surface area (Å²) in [5.41, 5.74) is 2.16. The summed E-state index contributed by atoms with van der Waals surface area (Å²) >= 11 is 7.38. The van der Waals surface area contributed by atoms with Crippen molar-refractivity contribution in [2.24, 2.45) is 0 Å². The van der Waals surface area contributed by atoms with E-state index in [0.717, 1.165) is 16.1 Å². The molecule has 1 amide bonds. The van der Waals surface area contributed by atoms with Gasteiger partial charge in [-0.1, -0.05) is 11.6 Å². The van der Waals surface area contributed by atoms with Gasteiger partial charge in [0.15, 0.2) is 5.13 Å². The first kappa shape index (κ1) is 22.1. The number of hydrogen-bond acceptors (Lipinski definition) is 6. The van der Waals surface area contributed by atoms with Crippen LogP contribution < -0.4 is 14.5 Å². The summed E-state index contributed by atoms with van der Waals surface area (Å²) in [6.45, 7) is 2.95. The second kappa shape index (κ2) is 8.27. The Morgan fingerprint density at radius 3 is 2.67 bits per heavy atom. The van der Waals surface area contributed by atoms with E-state index in [-0.39, 0.29) is 23.3 Å². The van der Waals surface area contributed by atoms with E-state index < -0.39 is 15.8 Å². The van der Waals surface area contributed by atoms with E-state index in [0.29, 0.717) is 36.8 Å². The number of anilines is 3. The number of aryl methyl sites for hydroxylation is 1. The number of hydrogen-bond donors (Lipinski definition) is 1. The third-order valence-electron chi connectivity index (χ3n) is 5.94. The monoisotopic (exact) mass is 508 g/mol. The zero-order valence-electron chi connectivity index (χ0n) is 17.6. The number of amides is 1. The highest BCUT2D eigenvalue weighted by molar-refractivity contribution is 7.93. The van der Waals surface area contributed by atoms with Crippen LogP contribution in [0.25, 0.3) is 0 Å². The quantitative estimate of drug-likeness (QED) is 0.550. The summed E-state index contributed by atoms with van der Waals surface area (Å²) in [5.74, 6) is -0.526. The molecule has 5 rings (SSSR count). The van der Waals surface area contributed by atoms with Crippen LogP contribution in [0.1, 0.15) is 18.3 Å². The Kier molecular flexibility index (Phi) is 5.54. The van der Waals surface area contributed by atoms with Gasteiger partial charge < -0.3 is 9.80 Å². The molecule has 1 aromatic heterocycles. The predicted octanol–water partition coefficient (Wildman–Crippen LogP) is 4.46. The first-order chi connectivity index (χ1) is 15.7. The van der Waals surface area contributed by atoms with Gasteiger partial charge in [0.25, 0.3) is 10.0 Å². The van der Waals surface area contributed by atoms with Crippen LogP contribution >= 0.6 is 22.9 Å². The van der Waals surface area contributed by atoms with Gasteiger partial charge >= 0.3 is 0 Å². The zero-order chi connectivity index (χ0) is 23.3. The van der Waals surface area contributed by atoms with Crippen LogP contribution in [0.2, 0.25) is 5.02 Å². The van der Waals surface area contributed by atoms with Crippen molar-refractivity contribution in [2.75, 3.05) is 27.6 Å². The third-order valence-corrected chi connectivity index (χ3v) is 8.66. The minimum atomic E-state index is -3.78. The number of sulfonamides is 1. The lowest BCUT2D eigenvalue weighted by atomic mass is 10.1. The van der Waals surface area contributed by atoms with Crippen molar-refractivity contribution in [3.8, 4) is 0 Å². The number of aromatic nitrogens is 1. The van der Waals surface area contributed by atoms with E-state index in [1.807, 2.05) is 11.8 Å². The van der Waals surface area contributed by atoms with Gasteiger partial charge in [-0.15, -0.1) is 11.3 Å². The molecule has 3 heterocycles. The van der Waals surface area contributed by atoms with Crippen molar-refractivity contribution in [1.82, 2.24) is 4.98 Å². The molecule has 1 saturated heterocycles. The number of thiazole rings is 1. The number of halogens is 2. The maximum atomic E-state index is 13.8. The van der Waals surface area contributed by atoms with Crippen LogP contribution in [0.15, 0.2) is 47.5 Å². The Morgan fingerprint density at radius 2 is 1.97 bits per heavy atom. The molecule has 11 heteroatoms. The van der Waals surface area contributed by atoms with E-state index in [2.05, 4.69) is 9.71 Å². The Labute approximate surface area is 201 Å². The fraction of sp³-hybridized carbons (Fsp3) is 0.273. The Bertz CT molecular complexity index is 1350. The number of nitrogens with zero attached hydrogens (tertiary/aromatic N) is 3. The number of benzene rings is 2. The summed E-state index contributed by atoms with van der Waals surface area (Å²) < 4.78 is 41.5. The predicted molar refractivity (Wildman–Crippen MR) is 129 cm³/mol. The normalized spacial score (nSPS) is 18.2. The van der Waals surface area contributed by atoms with Gasteiger partial charge in [-0.25, -0.2) is 17.8 Å². The van der Waals surface area contributed by atoms with Crippen molar-refractivity contribution < 1.29 is 19.0 Å². The molecule has 0 spiro atoms. The van der Waals surface area contributed by atoms with Gasteiger partial charge in [0.05, 0.1) is 9.92 Å². The number of carbonyl (C=O) groups excluding carboxylic acids is 1. The summed E-state index contributed by atoms with van der Waals surface area (Å²) in [6.07, 6.45) is 2.80. The molecule has 2 aliphatic rings. The topological polar surface area (TPSA) is 82.6 Å². The lowest BCUT2D eigenvalue weighted by molar-refractivity contribution is -0.118. The van der Waals surface area contributed by atoms with Gasteiger partial charge in [-0.2, -0.15) is 0 Å². The largest absolute Gasteiger partial charge is 0.359 e. The number of fused-ring (bicyclic) bond motifs is 1. The molecule has 1 atom stereocenters. The highest BCUT2D eigenvalue weighted by atomic mass is 35.5. The van der Waals surface area contributed by atoms with Crippen molar-refractivity contribution in [3.05, 3.63) is 63.9 Å². The molecule has 1 fully saturated rings. The van der Waals surface area contributed by atoms with Crippen molar-refractivity contribution in [1.29, 1.82) is 0 Å². The number of carbonyl (C=O) groups is 1. The minimum absolute atomic E-state index is 0. The first-order valence-electron chi connectivity index (χ1n) is 10.3. The van der Waals surface area contributed by atoms with Crippen LogP contribution in [0.5, 0.6) is 0 Å². The molecule has 0 aliphatic carbocycles. The van der Waals surface area contributed by atoms with Crippen LogP contribution in [0.4, 0.5) is 20.9 Å². The van der Waals surface area contributed by atoms with Crippen LogP contribution in [-0.2, 0) is 21.2 Å². The molecule has 2 aliphatic heterocycles. The second-order valence-corrected chi connectivity index (χ2v) is 11.3. The standard InChI is InChI=1S/C22H20ClFN4O3S2.H2/c1-13-12-25-22(32-13)26-33(30,31)15-4-2-14(3-5-15)27-11-9-19(21(27)29)28-10-8-16-18(28)7-6-17(24)20(16)23;/h2-7,12,19H,8-11H2,1H3,(H,25,26);1H/t19-;/m0./s1. The molecule has 0 unspecified atom stereocenters. The number of rotatable bonds is 5. The maximum absolute atomic E-state index is 13.8. The highest BCUT2D eigenvalue weighted by Gasteiger charge is 2.39. The van der Waals surface area contributed by atoms with Gasteiger partial charge in [-0.3, -0.25) is 9.52 Å². The summed E-state index contributed by atoms with van der Waals surface area (Å²) in [7, 11) is -3.78. The lowest BCUT2D eigenvalue weighted by Gasteiger charge is -2.26. The molecular formula is C22H22ClFN4O3S2. The minimum Gasteiger partial charge on any atom is -0.359 e.